The van der Waals surface area contributed by atoms with Crippen molar-refractivity contribution in [2.75, 3.05) is 5.32 Å². The SMILES string of the molecule is Cc1ccc(=O)n(C2CCC(Nc3cc(C)c4ccccc4n3)CC2)n1. The summed E-state index contributed by atoms with van der Waals surface area (Å²) in [6, 6.07) is 14.4. The first-order valence-corrected chi connectivity index (χ1v) is 9.29. The number of aromatic nitrogens is 3. The molecular formula is C21H24N4O. The van der Waals surface area contributed by atoms with Gasteiger partial charge in [-0.3, -0.25) is 4.79 Å². The molecule has 3 aromatic rings. The van der Waals surface area contributed by atoms with Crippen molar-refractivity contribution in [3.63, 3.8) is 0 Å². The van der Waals surface area contributed by atoms with Gasteiger partial charge in [0.25, 0.3) is 5.56 Å². The molecule has 134 valence electrons. The third-order valence-electron chi connectivity index (χ3n) is 5.28. The molecule has 1 aromatic carbocycles. The maximum atomic E-state index is 12.1. The van der Waals surface area contributed by atoms with Gasteiger partial charge in [-0.05, 0) is 63.3 Å². The van der Waals surface area contributed by atoms with Crippen molar-refractivity contribution in [3.8, 4) is 0 Å². The summed E-state index contributed by atoms with van der Waals surface area (Å²) in [6.45, 7) is 4.05. The molecule has 0 spiro atoms. The van der Waals surface area contributed by atoms with Gasteiger partial charge >= 0.3 is 0 Å². The monoisotopic (exact) mass is 348 g/mol. The summed E-state index contributed by atoms with van der Waals surface area (Å²) in [5.41, 5.74) is 3.15. The Morgan fingerprint density at radius 3 is 2.62 bits per heavy atom. The van der Waals surface area contributed by atoms with Crippen LogP contribution in [0.2, 0.25) is 0 Å². The van der Waals surface area contributed by atoms with Gasteiger partial charge in [0.05, 0.1) is 17.3 Å². The fourth-order valence-corrected chi connectivity index (χ4v) is 3.88. The lowest BCUT2D eigenvalue weighted by molar-refractivity contribution is 0.302. The molecule has 2 heterocycles. The van der Waals surface area contributed by atoms with Gasteiger partial charge in [-0.25, -0.2) is 9.67 Å². The van der Waals surface area contributed by atoms with Gasteiger partial charge in [0.2, 0.25) is 0 Å². The van der Waals surface area contributed by atoms with Crippen LogP contribution in [0.3, 0.4) is 0 Å². The van der Waals surface area contributed by atoms with Crippen LogP contribution in [-0.2, 0) is 0 Å². The molecule has 1 aliphatic carbocycles. The second-order valence-electron chi connectivity index (χ2n) is 7.25. The van der Waals surface area contributed by atoms with E-state index in [-0.39, 0.29) is 11.6 Å². The van der Waals surface area contributed by atoms with E-state index in [4.69, 9.17) is 4.98 Å². The molecule has 26 heavy (non-hydrogen) atoms. The molecule has 1 saturated carbocycles. The summed E-state index contributed by atoms with van der Waals surface area (Å²) in [5.74, 6) is 0.940. The lowest BCUT2D eigenvalue weighted by Gasteiger charge is -2.30. The van der Waals surface area contributed by atoms with Gasteiger partial charge < -0.3 is 5.32 Å². The molecule has 0 aliphatic heterocycles. The molecule has 5 heteroatoms. The van der Waals surface area contributed by atoms with Gasteiger partial charge in [-0.15, -0.1) is 0 Å². The summed E-state index contributed by atoms with van der Waals surface area (Å²) < 4.78 is 1.67. The molecule has 0 amide bonds. The number of aryl methyl sites for hydroxylation is 2. The first-order valence-electron chi connectivity index (χ1n) is 9.29. The predicted molar refractivity (Wildman–Crippen MR) is 105 cm³/mol. The van der Waals surface area contributed by atoms with Gasteiger partial charge in [-0.1, -0.05) is 18.2 Å². The maximum absolute atomic E-state index is 12.1. The molecule has 0 saturated heterocycles. The van der Waals surface area contributed by atoms with E-state index in [0.717, 1.165) is 42.7 Å². The first-order chi connectivity index (χ1) is 12.6. The van der Waals surface area contributed by atoms with Gasteiger partial charge in [-0.2, -0.15) is 5.10 Å². The molecule has 2 aromatic heterocycles. The molecule has 0 unspecified atom stereocenters. The number of pyridine rings is 1. The van der Waals surface area contributed by atoms with Gasteiger partial charge in [0.15, 0.2) is 0 Å². The highest BCUT2D eigenvalue weighted by Crippen LogP contribution is 2.29. The number of rotatable bonds is 3. The van der Waals surface area contributed by atoms with Crippen molar-refractivity contribution in [1.82, 2.24) is 14.8 Å². The van der Waals surface area contributed by atoms with Crippen molar-refractivity contribution in [2.24, 2.45) is 0 Å². The highest BCUT2D eigenvalue weighted by molar-refractivity contribution is 5.83. The molecule has 1 aliphatic rings. The van der Waals surface area contributed by atoms with Gasteiger partial charge in [0.1, 0.15) is 5.82 Å². The van der Waals surface area contributed by atoms with Crippen LogP contribution in [0.1, 0.15) is 43.0 Å². The van der Waals surface area contributed by atoms with Crippen molar-refractivity contribution < 1.29 is 0 Å². The zero-order valence-corrected chi connectivity index (χ0v) is 15.3. The van der Waals surface area contributed by atoms with Crippen molar-refractivity contribution >= 4 is 16.7 Å². The molecule has 1 N–H and O–H groups in total. The highest BCUT2D eigenvalue weighted by Gasteiger charge is 2.24. The van der Waals surface area contributed by atoms with E-state index < -0.39 is 0 Å². The van der Waals surface area contributed by atoms with Crippen LogP contribution in [0.5, 0.6) is 0 Å². The Morgan fingerprint density at radius 1 is 1.04 bits per heavy atom. The minimum Gasteiger partial charge on any atom is -0.367 e. The molecule has 0 radical (unpaired) electrons. The molecule has 0 bridgehead atoms. The quantitative estimate of drug-likeness (QED) is 0.777. The normalized spacial score (nSPS) is 20.2. The van der Waals surface area contributed by atoms with Gasteiger partial charge in [0, 0.05) is 17.5 Å². The minimum absolute atomic E-state index is 0.00108. The smallest absolute Gasteiger partial charge is 0.267 e. The summed E-state index contributed by atoms with van der Waals surface area (Å²) >= 11 is 0. The highest BCUT2D eigenvalue weighted by atomic mass is 16.1. The topological polar surface area (TPSA) is 59.8 Å². The van der Waals surface area contributed by atoms with Crippen LogP contribution in [0.25, 0.3) is 10.9 Å². The number of benzene rings is 1. The number of para-hydroxylation sites is 1. The Balaban J connectivity index is 1.46. The second-order valence-corrected chi connectivity index (χ2v) is 7.25. The van der Waals surface area contributed by atoms with E-state index >= 15 is 0 Å². The van der Waals surface area contributed by atoms with Crippen LogP contribution in [0.15, 0.2) is 47.3 Å². The third-order valence-corrected chi connectivity index (χ3v) is 5.28. The standard InChI is InChI=1S/C21H24N4O/c1-14-13-20(23-19-6-4-3-5-18(14)19)22-16-8-10-17(11-9-16)25-21(26)12-7-15(2)24-25/h3-7,12-13,16-17H,8-11H2,1-2H3,(H,22,23). The van der Waals surface area contributed by atoms with E-state index in [1.54, 1.807) is 16.8 Å². The zero-order valence-electron chi connectivity index (χ0n) is 15.3. The maximum Gasteiger partial charge on any atom is 0.267 e. The number of anilines is 1. The second kappa shape index (κ2) is 6.90. The zero-order chi connectivity index (χ0) is 18.1. The number of nitrogens with zero attached hydrogens (tertiary/aromatic N) is 3. The third kappa shape index (κ3) is 3.34. The Labute approximate surface area is 153 Å². The Kier molecular flexibility index (Phi) is 4.45. The number of hydrogen-bond donors (Lipinski definition) is 1. The Hall–Kier alpha value is -2.69. The molecular weight excluding hydrogens is 324 g/mol. The van der Waals surface area contributed by atoms with E-state index in [1.807, 2.05) is 19.1 Å². The number of hydrogen-bond acceptors (Lipinski definition) is 4. The van der Waals surface area contributed by atoms with E-state index in [2.05, 4.69) is 35.5 Å². The molecule has 1 fully saturated rings. The van der Waals surface area contributed by atoms with Crippen molar-refractivity contribution in [1.29, 1.82) is 0 Å². The Bertz CT molecular complexity index is 987. The van der Waals surface area contributed by atoms with Crippen LogP contribution in [0.4, 0.5) is 5.82 Å². The van der Waals surface area contributed by atoms with E-state index in [9.17, 15) is 4.79 Å². The van der Waals surface area contributed by atoms with Crippen LogP contribution in [-0.4, -0.2) is 20.8 Å². The lowest BCUT2D eigenvalue weighted by atomic mass is 9.91. The average molecular weight is 348 g/mol. The molecule has 0 atom stereocenters. The van der Waals surface area contributed by atoms with Crippen LogP contribution >= 0.6 is 0 Å². The summed E-state index contributed by atoms with van der Waals surface area (Å²) in [6.07, 6.45) is 3.95. The summed E-state index contributed by atoms with van der Waals surface area (Å²) in [7, 11) is 0. The van der Waals surface area contributed by atoms with E-state index in [1.165, 1.54) is 10.9 Å². The summed E-state index contributed by atoms with van der Waals surface area (Å²) in [4.78, 5) is 16.8. The summed E-state index contributed by atoms with van der Waals surface area (Å²) in [5, 5.41) is 9.22. The Morgan fingerprint density at radius 2 is 1.81 bits per heavy atom. The number of fused-ring (bicyclic) bond motifs is 1. The van der Waals surface area contributed by atoms with E-state index in [0.29, 0.717) is 6.04 Å². The predicted octanol–water partition coefficient (Wildman–Crippen LogP) is 4.00. The molecule has 5 nitrogen and oxygen atoms in total. The van der Waals surface area contributed by atoms with Crippen molar-refractivity contribution in [3.05, 3.63) is 64.1 Å². The first kappa shape index (κ1) is 16.8. The molecule has 4 rings (SSSR count). The number of nitrogens with one attached hydrogen (secondary N) is 1. The van der Waals surface area contributed by atoms with Crippen molar-refractivity contribution in [2.45, 2.75) is 51.6 Å². The minimum atomic E-state index is -0.00108. The average Bonchev–Trinajstić information content (AvgIpc) is 2.64. The largest absolute Gasteiger partial charge is 0.367 e. The van der Waals surface area contributed by atoms with Crippen LogP contribution in [0, 0.1) is 13.8 Å². The lowest BCUT2D eigenvalue weighted by Crippen LogP contribution is -2.33. The van der Waals surface area contributed by atoms with Crippen LogP contribution < -0.4 is 10.9 Å². The fourth-order valence-electron chi connectivity index (χ4n) is 3.88. The fraction of sp³-hybridized carbons (Fsp3) is 0.381.